The van der Waals surface area contributed by atoms with Crippen molar-refractivity contribution >= 4 is 34.8 Å². The second-order valence-corrected chi connectivity index (χ2v) is 6.08. The number of benzene rings is 2. The molecule has 2 aromatic carbocycles. The van der Waals surface area contributed by atoms with Crippen molar-refractivity contribution in [2.75, 3.05) is 10.6 Å². The lowest BCUT2D eigenvalue weighted by atomic mass is 10.1. The third-order valence-electron chi connectivity index (χ3n) is 3.65. The highest BCUT2D eigenvalue weighted by Gasteiger charge is 2.34. The summed E-state index contributed by atoms with van der Waals surface area (Å²) in [6, 6.07) is 12.0. The monoisotopic (exact) mass is 360 g/mol. The van der Waals surface area contributed by atoms with E-state index in [1.54, 1.807) is 37.3 Å². The first-order valence-electron chi connectivity index (χ1n) is 7.74. The minimum absolute atomic E-state index is 0.223. The Hall–Kier alpha value is -2.73. The molecule has 7 heteroatoms. The molecule has 6 nitrogen and oxygen atoms in total. The molecule has 0 saturated heterocycles. The molecule has 0 spiro atoms. The number of fused-ring (bicyclic) bond motifs is 1. The van der Waals surface area contributed by atoms with Gasteiger partial charge in [0.2, 0.25) is 12.0 Å². The lowest BCUT2D eigenvalue weighted by Gasteiger charge is -2.31. The molecule has 1 aliphatic rings. The normalized spacial score (nSPS) is 18.4. The molecule has 2 N–H and O–H groups in total. The smallest absolute Gasteiger partial charge is 0.269 e. The van der Waals surface area contributed by atoms with Gasteiger partial charge in [-0.25, -0.2) is 0 Å². The average molecular weight is 361 g/mol. The van der Waals surface area contributed by atoms with Crippen LogP contribution in [0, 0.1) is 0 Å². The summed E-state index contributed by atoms with van der Waals surface area (Å²) < 4.78 is 11.5. The van der Waals surface area contributed by atoms with Gasteiger partial charge in [0.15, 0.2) is 11.5 Å². The molecule has 1 heterocycles. The molecule has 130 valence electrons. The molecule has 3 rings (SSSR count). The van der Waals surface area contributed by atoms with E-state index in [0.29, 0.717) is 27.9 Å². The maximum absolute atomic E-state index is 12.5. The van der Waals surface area contributed by atoms with E-state index in [0.717, 1.165) is 0 Å². The van der Waals surface area contributed by atoms with E-state index in [9.17, 15) is 9.59 Å². The van der Waals surface area contributed by atoms with Crippen LogP contribution in [-0.2, 0) is 9.59 Å². The van der Waals surface area contributed by atoms with Crippen molar-refractivity contribution in [2.45, 2.75) is 26.1 Å². The molecule has 0 aliphatic carbocycles. The first kappa shape index (κ1) is 17.1. The summed E-state index contributed by atoms with van der Waals surface area (Å²) >= 11 is 6.12. The molecule has 0 radical (unpaired) electrons. The molecule has 0 bridgehead atoms. The number of anilines is 2. The van der Waals surface area contributed by atoms with Gasteiger partial charge in [-0.05, 0) is 37.3 Å². The number of hydrogen-bond donors (Lipinski definition) is 2. The van der Waals surface area contributed by atoms with Gasteiger partial charge in [-0.3, -0.25) is 9.59 Å². The van der Waals surface area contributed by atoms with Crippen LogP contribution in [0.4, 0.5) is 11.4 Å². The van der Waals surface area contributed by atoms with E-state index >= 15 is 0 Å². The van der Waals surface area contributed by atoms with Crippen LogP contribution in [0.1, 0.15) is 13.8 Å². The van der Waals surface area contributed by atoms with Crippen LogP contribution in [0.3, 0.4) is 0 Å². The third-order valence-corrected chi connectivity index (χ3v) is 3.96. The first-order valence-corrected chi connectivity index (χ1v) is 8.12. The van der Waals surface area contributed by atoms with Crippen LogP contribution in [0.2, 0.25) is 5.02 Å². The standard InChI is InChI=1S/C18H17ClN2O4/c1-10-17(25-16-6-4-3-5-15(16)24-10)18(23)21-12-7-8-14(13(19)9-12)20-11(2)22/h3-10,17H,1-2H3,(H,20,22)(H,21,23). The van der Waals surface area contributed by atoms with Gasteiger partial charge in [-0.2, -0.15) is 0 Å². The lowest BCUT2D eigenvalue weighted by molar-refractivity contribution is -0.128. The average Bonchev–Trinajstić information content (AvgIpc) is 2.56. The highest BCUT2D eigenvalue weighted by Crippen LogP contribution is 2.34. The zero-order valence-electron chi connectivity index (χ0n) is 13.7. The Morgan fingerprint density at radius 2 is 1.72 bits per heavy atom. The zero-order valence-corrected chi connectivity index (χ0v) is 14.5. The van der Waals surface area contributed by atoms with E-state index in [1.807, 2.05) is 12.1 Å². The van der Waals surface area contributed by atoms with Gasteiger partial charge >= 0.3 is 0 Å². The number of rotatable bonds is 3. The summed E-state index contributed by atoms with van der Waals surface area (Å²) in [4.78, 5) is 23.6. The van der Waals surface area contributed by atoms with Crippen LogP contribution in [0.25, 0.3) is 0 Å². The largest absolute Gasteiger partial charge is 0.482 e. The SMILES string of the molecule is CC(=O)Nc1ccc(NC(=O)C2Oc3ccccc3OC2C)cc1Cl. The van der Waals surface area contributed by atoms with Gasteiger partial charge in [-0.15, -0.1) is 0 Å². The van der Waals surface area contributed by atoms with Gasteiger partial charge in [0.05, 0.1) is 10.7 Å². The number of ether oxygens (including phenoxy) is 2. The number of carbonyl (C=O) groups is 2. The van der Waals surface area contributed by atoms with Crippen molar-refractivity contribution in [2.24, 2.45) is 0 Å². The molecule has 0 aromatic heterocycles. The van der Waals surface area contributed by atoms with Crippen molar-refractivity contribution in [3.05, 3.63) is 47.5 Å². The highest BCUT2D eigenvalue weighted by atomic mass is 35.5. The Morgan fingerprint density at radius 3 is 2.36 bits per heavy atom. The summed E-state index contributed by atoms with van der Waals surface area (Å²) in [5.74, 6) is 0.575. The maximum atomic E-state index is 12.5. The zero-order chi connectivity index (χ0) is 18.0. The first-order chi connectivity index (χ1) is 11.9. The fourth-order valence-electron chi connectivity index (χ4n) is 2.50. The van der Waals surface area contributed by atoms with Crippen LogP contribution in [0.15, 0.2) is 42.5 Å². The number of carbonyl (C=O) groups excluding carboxylic acids is 2. The molecule has 25 heavy (non-hydrogen) atoms. The Morgan fingerprint density at radius 1 is 1.04 bits per heavy atom. The lowest BCUT2D eigenvalue weighted by Crippen LogP contribution is -2.46. The molecule has 0 fully saturated rings. The van der Waals surface area contributed by atoms with E-state index in [2.05, 4.69) is 10.6 Å². The number of halogens is 1. The molecule has 0 saturated carbocycles. The second kappa shape index (κ2) is 7.03. The van der Waals surface area contributed by atoms with Crippen molar-refractivity contribution in [1.82, 2.24) is 0 Å². The van der Waals surface area contributed by atoms with Crippen molar-refractivity contribution in [3.8, 4) is 11.5 Å². The predicted molar refractivity (Wildman–Crippen MR) is 95.3 cm³/mol. The molecule has 1 aliphatic heterocycles. The summed E-state index contributed by atoms with van der Waals surface area (Å²) in [5.41, 5.74) is 0.977. The van der Waals surface area contributed by atoms with Crippen LogP contribution < -0.4 is 20.1 Å². The number of amides is 2. The fraction of sp³-hybridized carbons (Fsp3) is 0.222. The van der Waals surface area contributed by atoms with E-state index in [4.69, 9.17) is 21.1 Å². The molecule has 2 aromatic rings. The molecule has 2 atom stereocenters. The van der Waals surface area contributed by atoms with E-state index < -0.39 is 12.2 Å². The fourth-order valence-corrected chi connectivity index (χ4v) is 2.73. The van der Waals surface area contributed by atoms with Gasteiger partial charge in [0, 0.05) is 12.6 Å². The van der Waals surface area contributed by atoms with Crippen molar-refractivity contribution < 1.29 is 19.1 Å². The van der Waals surface area contributed by atoms with E-state index in [1.165, 1.54) is 6.92 Å². The summed E-state index contributed by atoms with van der Waals surface area (Å²) in [7, 11) is 0. The minimum Gasteiger partial charge on any atom is -0.482 e. The minimum atomic E-state index is -0.788. The summed E-state index contributed by atoms with van der Waals surface area (Å²) in [6.45, 7) is 3.17. The maximum Gasteiger partial charge on any atom is 0.269 e. The number of nitrogens with one attached hydrogen (secondary N) is 2. The number of para-hydroxylation sites is 2. The number of hydrogen-bond acceptors (Lipinski definition) is 4. The van der Waals surface area contributed by atoms with Crippen molar-refractivity contribution in [3.63, 3.8) is 0 Å². The van der Waals surface area contributed by atoms with Gasteiger partial charge in [0.1, 0.15) is 6.10 Å². The second-order valence-electron chi connectivity index (χ2n) is 5.67. The Bertz CT molecular complexity index is 824. The van der Waals surface area contributed by atoms with Crippen molar-refractivity contribution in [1.29, 1.82) is 0 Å². The summed E-state index contributed by atoms with van der Waals surface area (Å²) in [6.07, 6.45) is -1.23. The Balaban J connectivity index is 1.72. The third kappa shape index (κ3) is 3.85. The summed E-state index contributed by atoms with van der Waals surface area (Å²) in [5, 5.41) is 5.69. The van der Waals surface area contributed by atoms with Crippen LogP contribution >= 0.6 is 11.6 Å². The van der Waals surface area contributed by atoms with Crippen LogP contribution in [-0.4, -0.2) is 24.0 Å². The quantitative estimate of drug-likeness (QED) is 0.878. The molecule has 2 unspecified atom stereocenters. The Labute approximate surface area is 150 Å². The van der Waals surface area contributed by atoms with Gasteiger partial charge in [0.25, 0.3) is 5.91 Å². The topological polar surface area (TPSA) is 76.7 Å². The molecule has 2 amide bonds. The van der Waals surface area contributed by atoms with E-state index in [-0.39, 0.29) is 11.8 Å². The Kier molecular flexibility index (Phi) is 4.81. The van der Waals surface area contributed by atoms with Gasteiger partial charge < -0.3 is 20.1 Å². The predicted octanol–water partition coefficient (Wildman–Crippen LogP) is 3.47. The molecular weight excluding hydrogens is 344 g/mol. The van der Waals surface area contributed by atoms with Gasteiger partial charge in [-0.1, -0.05) is 23.7 Å². The molecular formula is C18H17ClN2O4. The highest BCUT2D eigenvalue weighted by molar-refractivity contribution is 6.34. The van der Waals surface area contributed by atoms with Crippen LogP contribution in [0.5, 0.6) is 11.5 Å².